The second kappa shape index (κ2) is 7.54. The molecule has 0 saturated carbocycles. The first-order chi connectivity index (χ1) is 8.61. The third kappa shape index (κ3) is 3.82. The summed E-state index contributed by atoms with van der Waals surface area (Å²) in [6.07, 6.45) is 7.57. The molecule has 0 spiro atoms. The summed E-state index contributed by atoms with van der Waals surface area (Å²) in [6, 6.07) is 0.236. The van der Waals surface area contributed by atoms with Gasteiger partial charge in [-0.05, 0) is 20.3 Å². The first kappa shape index (κ1) is 15.2. The number of hydrogen-bond donors (Lipinski definition) is 2. The number of hydrogen-bond acceptors (Lipinski definition) is 3. The van der Waals surface area contributed by atoms with E-state index in [1.807, 2.05) is 11.7 Å². The van der Waals surface area contributed by atoms with Crippen molar-refractivity contribution in [3.63, 3.8) is 0 Å². The highest BCUT2D eigenvalue weighted by molar-refractivity contribution is 5.27. The number of unbranched alkanes of at least 4 members (excludes halogenated alkanes) is 4. The molecule has 0 aromatic carbocycles. The first-order valence-electron chi connectivity index (χ1n) is 7.08. The van der Waals surface area contributed by atoms with Crippen molar-refractivity contribution in [2.24, 2.45) is 12.9 Å². The lowest BCUT2D eigenvalue weighted by Gasteiger charge is -2.16. The Kier molecular flexibility index (Phi) is 6.36. The zero-order valence-corrected chi connectivity index (χ0v) is 12.3. The molecular weight excluding hydrogens is 224 g/mol. The second-order valence-corrected chi connectivity index (χ2v) is 5.13. The van der Waals surface area contributed by atoms with Crippen molar-refractivity contribution in [1.29, 1.82) is 0 Å². The molecule has 3 N–H and O–H groups in total. The van der Waals surface area contributed by atoms with E-state index in [0.29, 0.717) is 0 Å². The van der Waals surface area contributed by atoms with E-state index in [2.05, 4.69) is 31.3 Å². The number of aryl methyl sites for hydroxylation is 2. The molecule has 0 amide bonds. The molecule has 0 aliphatic carbocycles. The third-order valence-electron chi connectivity index (χ3n) is 3.71. The van der Waals surface area contributed by atoms with Crippen molar-refractivity contribution in [2.45, 2.75) is 65.3 Å². The van der Waals surface area contributed by atoms with Gasteiger partial charge in [0.05, 0.1) is 5.69 Å². The van der Waals surface area contributed by atoms with E-state index in [0.717, 1.165) is 12.1 Å². The number of nitrogens with two attached hydrogens (primary N) is 1. The van der Waals surface area contributed by atoms with Gasteiger partial charge >= 0.3 is 0 Å². The van der Waals surface area contributed by atoms with E-state index in [4.69, 9.17) is 5.84 Å². The predicted molar refractivity (Wildman–Crippen MR) is 76.1 cm³/mol. The minimum absolute atomic E-state index is 0.236. The van der Waals surface area contributed by atoms with E-state index in [-0.39, 0.29) is 6.04 Å². The van der Waals surface area contributed by atoms with Gasteiger partial charge in [-0.25, -0.2) is 0 Å². The summed E-state index contributed by atoms with van der Waals surface area (Å²) in [4.78, 5) is 0. The maximum absolute atomic E-state index is 5.71. The number of aromatic nitrogens is 2. The predicted octanol–water partition coefficient (Wildman–Crippen LogP) is 2.90. The summed E-state index contributed by atoms with van der Waals surface area (Å²) in [5.74, 6) is 5.71. The molecule has 4 heteroatoms. The minimum atomic E-state index is 0.236. The van der Waals surface area contributed by atoms with Crippen LogP contribution in [0.5, 0.6) is 0 Å². The number of nitrogens with zero attached hydrogens (tertiary/aromatic N) is 2. The number of rotatable bonds is 8. The zero-order valence-electron chi connectivity index (χ0n) is 12.3. The number of hydrazine groups is 1. The lowest BCUT2D eigenvalue weighted by Crippen LogP contribution is -2.28. The van der Waals surface area contributed by atoms with Crippen LogP contribution in [0.15, 0.2) is 0 Å². The molecule has 0 radical (unpaired) electrons. The van der Waals surface area contributed by atoms with Crippen LogP contribution in [0.4, 0.5) is 0 Å². The van der Waals surface area contributed by atoms with Gasteiger partial charge in [-0.15, -0.1) is 0 Å². The van der Waals surface area contributed by atoms with Crippen molar-refractivity contribution in [3.05, 3.63) is 17.0 Å². The molecule has 1 rings (SSSR count). The van der Waals surface area contributed by atoms with Crippen molar-refractivity contribution in [1.82, 2.24) is 15.2 Å². The normalized spacial score (nSPS) is 12.9. The summed E-state index contributed by atoms with van der Waals surface area (Å²) < 4.78 is 1.94. The van der Waals surface area contributed by atoms with E-state index in [1.54, 1.807) is 0 Å². The standard InChI is InChI=1S/C14H28N4/c1-5-6-7-8-9-10-13(16-15)14-11(2)17-18(4)12(14)3/h13,16H,5-10,15H2,1-4H3. The van der Waals surface area contributed by atoms with Gasteiger partial charge in [-0.3, -0.25) is 16.0 Å². The average Bonchev–Trinajstić information content (AvgIpc) is 2.59. The monoisotopic (exact) mass is 252 g/mol. The van der Waals surface area contributed by atoms with Crippen molar-refractivity contribution in [2.75, 3.05) is 0 Å². The van der Waals surface area contributed by atoms with Gasteiger partial charge in [0.25, 0.3) is 0 Å². The van der Waals surface area contributed by atoms with E-state index in [9.17, 15) is 0 Å². The highest BCUT2D eigenvalue weighted by Crippen LogP contribution is 2.25. The van der Waals surface area contributed by atoms with Crippen LogP contribution in [0, 0.1) is 13.8 Å². The molecular formula is C14H28N4. The molecule has 4 nitrogen and oxygen atoms in total. The summed E-state index contributed by atoms with van der Waals surface area (Å²) in [7, 11) is 1.99. The van der Waals surface area contributed by atoms with Crippen LogP contribution in [0.1, 0.15) is 68.4 Å². The van der Waals surface area contributed by atoms with Gasteiger partial charge in [0.15, 0.2) is 0 Å². The summed E-state index contributed by atoms with van der Waals surface area (Å²) in [6.45, 7) is 6.41. The maximum Gasteiger partial charge on any atom is 0.0644 e. The summed E-state index contributed by atoms with van der Waals surface area (Å²) >= 11 is 0. The minimum Gasteiger partial charge on any atom is -0.272 e. The molecule has 0 aliphatic rings. The Morgan fingerprint density at radius 3 is 2.39 bits per heavy atom. The Balaban J connectivity index is 2.55. The topological polar surface area (TPSA) is 55.9 Å². The maximum atomic E-state index is 5.71. The highest BCUT2D eigenvalue weighted by Gasteiger charge is 2.18. The first-order valence-corrected chi connectivity index (χ1v) is 7.08. The van der Waals surface area contributed by atoms with Gasteiger partial charge in [0.2, 0.25) is 0 Å². The van der Waals surface area contributed by atoms with Crippen LogP contribution >= 0.6 is 0 Å². The summed E-state index contributed by atoms with van der Waals surface area (Å²) in [5, 5.41) is 4.46. The molecule has 0 fully saturated rings. The zero-order chi connectivity index (χ0) is 13.5. The molecule has 0 aliphatic heterocycles. The molecule has 104 valence electrons. The van der Waals surface area contributed by atoms with E-state index in [1.165, 1.54) is 43.4 Å². The average molecular weight is 252 g/mol. The molecule has 1 aromatic heterocycles. The Morgan fingerprint density at radius 1 is 1.22 bits per heavy atom. The van der Waals surface area contributed by atoms with E-state index >= 15 is 0 Å². The Hall–Kier alpha value is -0.870. The fraction of sp³-hybridized carbons (Fsp3) is 0.786. The van der Waals surface area contributed by atoms with Gasteiger partial charge in [0.1, 0.15) is 0 Å². The molecule has 0 bridgehead atoms. The van der Waals surface area contributed by atoms with Crippen LogP contribution in [-0.4, -0.2) is 9.78 Å². The SMILES string of the molecule is CCCCCCCC(NN)c1c(C)nn(C)c1C. The lowest BCUT2D eigenvalue weighted by atomic mass is 9.99. The van der Waals surface area contributed by atoms with Gasteiger partial charge in [-0.2, -0.15) is 5.10 Å². The second-order valence-electron chi connectivity index (χ2n) is 5.13. The van der Waals surface area contributed by atoms with Crippen LogP contribution < -0.4 is 11.3 Å². The van der Waals surface area contributed by atoms with Gasteiger partial charge < -0.3 is 0 Å². The van der Waals surface area contributed by atoms with Crippen LogP contribution in [-0.2, 0) is 7.05 Å². The fourth-order valence-corrected chi connectivity index (χ4v) is 2.56. The Morgan fingerprint density at radius 2 is 1.89 bits per heavy atom. The van der Waals surface area contributed by atoms with Crippen molar-refractivity contribution < 1.29 is 0 Å². The van der Waals surface area contributed by atoms with Crippen molar-refractivity contribution >= 4 is 0 Å². The Labute approximate surface area is 111 Å². The Bertz CT molecular complexity index is 357. The van der Waals surface area contributed by atoms with E-state index < -0.39 is 0 Å². The van der Waals surface area contributed by atoms with Crippen LogP contribution in [0.25, 0.3) is 0 Å². The lowest BCUT2D eigenvalue weighted by molar-refractivity contribution is 0.475. The molecule has 0 saturated heterocycles. The third-order valence-corrected chi connectivity index (χ3v) is 3.71. The highest BCUT2D eigenvalue weighted by atomic mass is 15.3. The molecule has 1 aromatic rings. The molecule has 18 heavy (non-hydrogen) atoms. The largest absolute Gasteiger partial charge is 0.272 e. The van der Waals surface area contributed by atoms with Crippen LogP contribution in [0.3, 0.4) is 0 Å². The quantitative estimate of drug-likeness (QED) is 0.425. The fourth-order valence-electron chi connectivity index (χ4n) is 2.56. The van der Waals surface area contributed by atoms with Crippen molar-refractivity contribution in [3.8, 4) is 0 Å². The molecule has 1 atom stereocenters. The smallest absolute Gasteiger partial charge is 0.0644 e. The molecule has 1 heterocycles. The number of nitrogens with one attached hydrogen (secondary N) is 1. The van der Waals surface area contributed by atoms with Gasteiger partial charge in [0, 0.05) is 24.3 Å². The molecule has 1 unspecified atom stereocenters. The van der Waals surface area contributed by atoms with Gasteiger partial charge in [-0.1, -0.05) is 39.0 Å². The van der Waals surface area contributed by atoms with Crippen LogP contribution in [0.2, 0.25) is 0 Å². The summed E-state index contributed by atoms with van der Waals surface area (Å²) in [5.41, 5.74) is 6.53.